The number of hydrogen-bond acceptors (Lipinski definition) is 7. The third-order valence-corrected chi connectivity index (χ3v) is 4.17. The van der Waals surface area contributed by atoms with Crippen molar-refractivity contribution in [2.24, 2.45) is 0 Å². The van der Waals surface area contributed by atoms with E-state index in [1.807, 2.05) is 54.6 Å². The fraction of sp³-hybridized carbons (Fsp3) is 0.0435. The zero-order valence-electron chi connectivity index (χ0n) is 16.8. The Labute approximate surface area is 179 Å². The summed E-state index contributed by atoms with van der Waals surface area (Å²) in [7, 11) is 1.67. The van der Waals surface area contributed by atoms with Crippen molar-refractivity contribution < 1.29 is 14.2 Å². The second-order valence-electron chi connectivity index (χ2n) is 6.37. The van der Waals surface area contributed by atoms with Gasteiger partial charge < -0.3 is 26.6 Å². The highest BCUT2D eigenvalue weighted by Crippen LogP contribution is 2.27. The number of para-hydroxylation sites is 3. The molecule has 31 heavy (non-hydrogen) atoms. The van der Waals surface area contributed by atoms with Crippen molar-refractivity contribution in [2.75, 3.05) is 23.9 Å². The molecule has 8 heteroatoms. The number of nitrogen functional groups attached to an aromatic ring is 2. The topological polar surface area (TPSA) is 119 Å². The molecule has 0 aliphatic carbocycles. The van der Waals surface area contributed by atoms with Crippen molar-refractivity contribution in [1.29, 1.82) is 0 Å². The van der Waals surface area contributed by atoms with E-state index in [0.717, 1.165) is 17.1 Å². The van der Waals surface area contributed by atoms with E-state index < -0.39 is 5.82 Å². The molecule has 7 nitrogen and oxygen atoms in total. The van der Waals surface area contributed by atoms with Gasteiger partial charge in [-0.15, -0.1) is 0 Å². The Bertz CT molecular complexity index is 1160. The van der Waals surface area contributed by atoms with E-state index in [2.05, 4.69) is 15.3 Å². The lowest BCUT2D eigenvalue weighted by Gasteiger charge is -2.10. The maximum absolute atomic E-state index is 13.6. The Hall–Kier alpha value is -4.33. The molecule has 0 aliphatic heterocycles. The summed E-state index contributed by atoms with van der Waals surface area (Å²) < 4.78 is 18.9. The van der Waals surface area contributed by atoms with Gasteiger partial charge in [0.25, 0.3) is 0 Å². The molecule has 1 aromatic heterocycles. The molecule has 0 spiro atoms. The molecule has 6 N–H and O–H groups in total. The molecule has 0 saturated carbocycles. The molecule has 0 saturated heterocycles. The van der Waals surface area contributed by atoms with Crippen LogP contribution in [0.25, 0.3) is 11.3 Å². The van der Waals surface area contributed by atoms with Crippen LogP contribution in [0.1, 0.15) is 0 Å². The van der Waals surface area contributed by atoms with Gasteiger partial charge in [-0.2, -0.15) is 4.98 Å². The lowest BCUT2D eigenvalue weighted by molar-refractivity contribution is 0.417. The number of ether oxygens (including phenoxy) is 1. The number of phenolic OH excluding ortho intramolecular Hbond substituents is 1. The number of phenols is 1. The molecule has 0 atom stereocenters. The van der Waals surface area contributed by atoms with E-state index in [4.69, 9.17) is 16.2 Å². The van der Waals surface area contributed by atoms with Gasteiger partial charge in [-0.1, -0.05) is 42.5 Å². The molecule has 0 unspecified atom stereocenters. The van der Waals surface area contributed by atoms with E-state index in [-0.39, 0.29) is 23.2 Å². The summed E-state index contributed by atoms with van der Waals surface area (Å²) in [4.78, 5) is 7.23. The van der Waals surface area contributed by atoms with Crippen molar-refractivity contribution in [3.05, 3.63) is 84.7 Å². The van der Waals surface area contributed by atoms with Crippen LogP contribution < -0.4 is 21.5 Å². The first-order valence-corrected chi connectivity index (χ1v) is 9.31. The number of anilines is 4. The summed E-state index contributed by atoms with van der Waals surface area (Å²) >= 11 is 0. The van der Waals surface area contributed by atoms with E-state index in [1.165, 1.54) is 12.1 Å². The van der Waals surface area contributed by atoms with Crippen molar-refractivity contribution >= 4 is 23.1 Å². The normalized spacial score (nSPS) is 10.0. The minimum absolute atomic E-state index is 0.00709. The van der Waals surface area contributed by atoms with Gasteiger partial charge in [-0.3, -0.25) is 0 Å². The van der Waals surface area contributed by atoms with Gasteiger partial charge in [0, 0.05) is 11.3 Å². The van der Waals surface area contributed by atoms with E-state index in [1.54, 1.807) is 19.2 Å². The van der Waals surface area contributed by atoms with Gasteiger partial charge in [0.1, 0.15) is 17.2 Å². The Morgan fingerprint density at radius 1 is 0.903 bits per heavy atom. The second kappa shape index (κ2) is 9.93. The number of aromatic nitrogens is 2. The minimum atomic E-state index is -0.750. The zero-order valence-corrected chi connectivity index (χ0v) is 16.8. The highest BCUT2D eigenvalue weighted by Gasteiger charge is 2.13. The zero-order chi connectivity index (χ0) is 22.2. The quantitative estimate of drug-likeness (QED) is 0.382. The number of nitrogens with one attached hydrogen (secondary N) is 1. The Balaban J connectivity index is 0.000000176. The molecular formula is C23H22FN5O2. The summed E-state index contributed by atoms with van der Waals surface area (Å²) in [5.74, 6) is -0.322. The number of nitrogens with zero attached hydrogens (tertiary/aromatic N) is 2. The van der Waals surface area contributed by atoms with Gasteiger partial charge in [-0.25, -0.2) is 9.37 Å². The molecule has 3 aromatic carbocycles. The first-order chi connectivity index (χ1) is 15.0. The molecule has 0 fully saturated rings. The monoisotopic (exact) mass is 419 g/mol. The summed E-state index contributed by atoms with van der Waals surface area (Å²) in [5.41, 5.74) is 13.1. The summed E-state index contributed by atoms with van der Waals surface area (Å²) in [6, 6.07) is 23.9. The van der Waals surface area contributed by atoms with Crippen LogP contribution in [0, 0.1) is 5.82 Å². The smallest absolute Gasteiger partial charge is 0.222 e. The van der Waals surface area contributed by atoms with Crippen molar-refractivity contribution in [1.82, 2.24) is 9.97 Å². The maximum Gasteiger partial charge on any atom is 0.222 e. The average molecular weight is 419 g/mol. The van der Waals surface area contributed by atoms with E-state index in [9.17, 15) is 9.50 Å². The lowest BCUT2D eigenvalue weighted by Crippen LogP contribution is -2.04. The average Bonchev–Trinajstić information content (AvgIpc) is 2.78. The molecule has 158 valence electrons. The van der Waals surface area contributed by atoms with Gasteiger partial charge in [0.2, 0.25) is 5.95 Å². The van der Waals surface area contributed by atoms with Gasteiger partial charge in [-0.05, 0) is 36.4 Å². The standard InChI is InChI=1S/C13H13NO.C10H9FN4O/c1-15-13-10-6-5-9-12(13)14-11-7-3-2-4-8-11;11-7-8(14-10(13)15-9(7)12)5-2-1-3-6(16)4-5/h2-10,14H,1H3;1-4,16H,(H4,12,13,14,15). The molecule has 1 heterocycles. The Morgan fingerprint density at radius 2 is 1.61 bits per heavy atom. The van der Waals surface area contributed by atoms with Crippen molar-refractivity contribution in [2.45, 2.75) is 0 Å². The predicted molar refractivity (Wildman–Crippen MR) is 121 cm³/mol. The van der Waals surface area contributed by atoms with Crippen LogP contribution in [0.5, 0.6) is 11.5 Å². The number of rotatable bonds is 4. The first-order valence-electron chi connectivity index (χ1n) is 9.31. The number of hydrogen-bond donors (Lipinski definition) is 4. The van der Waals surface area contributed by atoms with Crippen LogP contribution in [0.4, 0.5) is 27.5 Å². The summed E-state index contributed by atoms with van der Waals surface area (Å²) in [6.07, 6.45) is 0. The van der Waals surface area contributed by atoms with Crippen LogP contribution in [-0.4, -0.2) is 22.2 Å². The second-order valence-corrected chi connectivity index (χ2v) is 6.37. The number of benzene rings is 3. The lowest BCUT2D eigenvalue weighted by atomic mass is 10.1. The fourth-order valence-electron chi connectivity index (χ4n) is 2.75. The van der Waals surface area contributed by atoms with Crippen LogP contribution in [0.3, 0.4) is 0 Å². The van der Waals surface area contributed by atoms with Crippen molar-refractivity contribution in [3.63, 3.8) is 0 Å². The predicted octanol–water partition coefficient (Wildman–Crippen LogP) is 4.59. The molecule has 4 aromatic rings. The van der Waals surface area contributed by atoms with Crippen LogP contribution in [0.15, 0.2) is 78.9 Å². The number of halogens is 1. The number of methoxy groups -OCH3 is 1. The number of aromatic hydroxyl groups is 1. The van der Waals surface area contributed by atoms with Crippen molar-refractivity contribution in [3.8, 4) is 22.8 Å². The Morgan fingerprint density at radius 3 is 2.32 bits per heavy atom. The molecular weight excluding hydrogens is 397 g/mol. The maximum atomic E-state index is 13.6. The Kier molecular flexibility index (Phi) is 6.85. The van der Waals surface area contributed by atoms with Gasteiger partial charge in [0.15, 0.2) is 11.6 Å². The first kappa shape index (κ1) is 21.4. The minimum Gasteiger partial charge on any atom is -0.508 e. The largest absolute Gasteiger partial charge is 0.508 e. The molecule has 0 bridgehead atoms. The molecule has 0 amide bonds. The molecule has 0 radical (unpaired) electrons. The van der Waals surface area contributed by atoms with Crippen LogP contribution in [-0.2, 0) is 0 Å². The summed E-state index contributed by atoms with van der Waals surface area (Å²) in [5, 5.41) is 12.6. The molecule has 4 rings (SSSR count). The van der Waals surface area contributed by atoms with E-state index >= 15 is 0 Å². The SMILES string of the molecule is COc1ccccc1Nc1ccccc1.Nc1nc(N)c(F)c(-c2cccc(O)c2)n1. The third kappa shape index (κ3) is 5.60. The number of nitrogens with two attached hydrogens (primary N) is 2. The highest BCUT2D eigenvalue weighted by molar-refractivity contribution is 5.66. The molecule has 0 aliphatic rings. The van der Waals surface area contributed by atoms with Gasteiger partial charge >= 0.3 is 0 Å². The highest BCUT2D eigenvalue weighted by atomic mass is 19.1. The summed E-state index contributed by atoms with van der Waals surface area (Å²) in [6.45, 7) is 0. The van der Waals surface area contributed by atoms with Gasteiger partial charge in [0.05, 0.1) is 12.8 Å². The van der Waals surface area contributed by atoms with Crippen LogP contribution in [0.2, 0.25) is 0 Å². The third-order valence-electron chi connectivity index (χ3n) is 4.17. The van der Waals surface area contributed by atoms with Crippen LogP contribution >= 0.6 is 0 Å². The van der Waals surface area contributed by atoms with E-state index in [0.29, 0.717) is 5.56 Å². The fourth-order valence-corrected chi connectivity index (χ4v) is 2.75.